The minimum Gasteiger partial charge on any atom is -0.464 e. The summed E-state index contributed by atoms with van der Waals surface area (Å²) < 4.78 is 5.68. The number of carbonyl (C=O) groups is 1. The molecule has 4 nitrogen and oxygen atoms in total. The van der Waals surface area contributed by atoms with Gasteiger partial charge in [0.2, 0.25) is 0 Å². The van der Waals surface area contributed by atoms with E-state index >= 15 is 0 Å². The Morgan fingerprint density at radius 1 is 1.17 bits per heavy atom. The number of amides is 1. The third-order valence-corrected chi connectivity index (χ3v) is 4.73. The lowest BCUT2D eigenvalue weighted by Gasteiger charge is -2.33. The highest BCUT2D eigenvalue weighted by Gasteiger charge is 2.23. The average molecular weight is 326 g/mol. The second-order valence-electron chi connectivity index (χ2n) is 6.50. The third kappa shape index (κ3) is 3.81. The summed E-state index contributed by atoms with van der Waals surface area (Å²) in [4.78, 5) is 14.6. The SMILES string of the molecule is CCc1ccc(CNc2ccc(C(=O)N3CCCCC3C)cc2)o1. The zero-order valence-electron chi connectivity index (χ0n) is 14.5. The molecule has 1 aromatic carbocycles. The maximum Gasteiger partial charge on any atom is 0.254 e. The zero-order valence-corrected chi connectivity index (χ0v) is 14.5. The van der Waals surface area contributed by atoms with E-state index in [-0.39, 0.29) is 5.91 Å². The molecule has 128 valence electrons. The van der Waals surface area contributed by atoms with Gasteiger partial charge in [0.1, 0.15) is 11.5 Å². The number of hydrogen-bond donors (Lipinski definition) is 1. The molecule has 1 amide bonds. The third-order valence-electron chi connectivity index (χ3n) is 4.73. The van der Waals surface area contributed by atoms with Crippen LogP contribution in [0.1, 0.15) is 55.0 Å². The molecule has 2 aromatic rings. The predicted molar refractivity (Wildman–Crippen MR) is 96.2 cm³/mol. The van der Waals surface area contributed by atoms with Crippen LogP contribution in [0.15, 0.2) is 40.8 Å². The van der Waals surface area contributed by atoms with E-state index in [2.05, 4.69) is 19.2 Å². The van der Waals surface area contributed by atoms with Gasteiger partial charge in [0.05, 0.1) is 6.54 Å². The lowest BCUT2D eigenvalue weighted by atomic mass is 10.0. The van der Waals surface area contributed by atoms with Crippen LogP contribution in [0.25, 0.3) is 0 Å². The van der Waals surface area contributed by atoms with Crippen molar-refractivity contribution in [1.82, 2.24) is 4.90 Å². The van der Waals surface area contributed by atoms with Gasteiger partial charge in [-0.25, -0.2) is 0 Å². The summed E-state index contributed by atoms with van der Waals surface area (Å²) >= 11 is 0. The van der Waals surface area contributed by atoms with Crippen molar-refractivity contribution in [3.63, 3.8) is 0 Å². The Hall–Kier alpha value is -2.23. The van der Waals surface area contributed by atoms with Crippen molar-refractivity contribution < 1.29 is 9.21 Å². The van der Waals surface area contributed by atoms with Crippen molar-refractivity contribution in [2.24, 2.45) is 0 Å². The number of nitrogens with one attached hydrogen (secondary N) is 1. The fourth-order valence-electron chi connectivity index (χ4n) is 3.19. The molecule has 1 atom stereocenters. The fraction of sp³-hybridized carbons (Fsp3) is 0.450. The minimum atomic E-state index is 0.146. The van der Waals surface area contributed by atoms with Crippen LogP contribution in [0.3, 0.4) is 0 Å². The monoisotopic (exact) mass is 326 g/mol. The first-order valence-electron chi connectivity index (χ1n) is 8.90. The number of anilines is 1. The van der Waals surface area contributed by atoms with E-state index in [1.165, 1.54) is 6.42 Å². The molecule has 0 aliphatic carbocycles. The smallest absolute Gasteiger partial charge is 0.254 e. The molecule has 24 heavy (non-hydrogen) atoms. The second kappa shape index (κ2) is 7.56. The number of aryl methyl sites for hydroxylation is 1. The Bertz CT molecular complexity index is 675. The Kier molecular flexibility index (Phi) is 5.24. The number of likely N-dealkylation sites (tertiary alicyclic amines) is 1. The summed E-state index contributed by atoms with van der Waals surface area (Å²) in [5.41, 5.74) is 1.76. The van der Waals surface area contributed by atoms with Crippen LogP contribution in [0.4, 0.5) is 5.69 Å². The van der Waals surface area contributed by atoms with Gasteiger partial charge in [-0.3, -0.25) is 4.79 Å². The van der Waals surface area contributed by atoms with Crippen LogP contribution in [-0.4, -0.2) is 23.4 Å². The Labute approximate surface area is 143 Å². The van der Waals surface area contributed by atoms with Crippen molar-refractivity contribution in [2.75, 3.05) is 11.9 Å². The lowest BCUT2D eigenvalue weighted by Crippen LogP contribution is -2.41. The number of piperidine rings is 1. The maximum atomic E-state index is 12.6. The molecule has 3 rings (SSSR count). The number of hydrogen-bond acceptors (Lipinski definition) is 3. The molecule has 4 heteroatoms. The lowest BCUT2D eigenvalue weighted by molar-refractivity contribution is 0.0635. The zero-order chi connectivity index (χ0) is 16.9. The van der Waals surface area contributed by atoms with Crippen molar-refractivity contribution >= 4 is 11.6 Å². The minimum absolute atomic E-state index is 0.146. The van der Waals surface area contributed by atoms with Gasteiger partial charge in [0, 0.05) is 30.3 Å². The Morgan fingerprint density at radius 3 is 2.58 bits per heavy atom. The standard InChI is InChI=1S/C20H26N2O2/c1-3-18-11-12-19(24-18)14-21-17-9-7-16(8-10-17)20(23)22-13-5-4-6-15(22)2/h7-12,15,21H,3-6,13-14H2,1-2H3. The van der Waals surface area contributed by atoms with E-state index in [4.69, 9.17) is 4.42 Å². The van der Waals surface area contributed by atoms with E-state index < -0.39 is 0 Å². The van der Waals surface area contributed by atoms with Gasteiger partial charge in [0.15, 0.2) is 0 Å². The van der Waals surface area contributed by atoms with E-state index in [1.807, 2.05) is 41.3 Å². The van der Waals surface area contributed by atoms with Gasteiger partial charge in [-0.05, 0) is 62.6 Å². The topological polar surface area (TPSA) is 45.5 Å². The second-order valence-corrected chi connectivity index (χ2v) is 6.50. The number of carbonyl (C=O) groups excluding carboxylic acids is 1. The molecule has 1 fully saturated rings. The molecule has 1 N–H and O–H groups in total. The van der Waals surface area contributed by atoms with Crippen LogP contribution in [-0.2, 0) is 13.0 Å². The predicted octanol–water partition coefficient (Wildman–Crippen LogP) is 4.47. The van der Waals surface area contributed by atoms with Gasteiger partial charge in [0.25, 0.3) is 5.91 Å². The van der Waals surface area contributed by atoms with Gasteiger partial charge >= 0.3 is 0 Å². The molecule has 0 bridgehead atoms. The Morgan fingerprint density at radius 2 is 1.92 bits per heavy atom. The number of nitrogens with zero attached hydrogens (tertiary/aromatic N) is 1. The molecule has 1 unspecified atom stereocenters. The number of benzene rings is 1. The normalized spacial score (nSPS) is 17.8. The molecule has 1 aromatic heterocycles. The first-order valence-corrected chi connectivity index (χ1v) is 8.90. The molecule has 2 heterocycles. The van der Waals surface area contributed by atoms with E-state index in [1.54, 1.807) is 0 Å². The van der Waals surface area contributed by atoms with Crippen molar-refractivity contribution in [3.05, 3.63) is 53.5 Å². The van der Waals surface area contributed by atoms with Gasteiger partial charge in [-0.1, -0.05) is 6.92 Å². The summed E-state index contributed by atoms with van der Waals surface area (Å²) in [5.74, 6) is 2.07. The van der Waals surface area contributed by atoms with E-state index in [9.17, 15) is 4.79 Å². The van der Waals surface area contributed by atoms with Crippen molar-refractivity contribution in [1.29, 1.82) is 0 Å². The highest BCUT2D eigenvalue weighted by atomic mass is 16.3. The van der Waals surface area contributed by atoms with Crippen molar-refractivity contribution in [3.8, 4) is 0 Å². The molecule has 0 spiro atoms. The average Bonchev–Trinajstić information content (AvgIpc) is 3.08. The molecule has 0 saturated carbocycles. The fourth-order valence-corrected chi connectivity index (χ4v) is 3.19. The number of furan rings is 1. The first-order chi connectivity index (χ1) is 11.7. The Balaban J connectivity index is 1.59. The van der Waals surface area contributed by atoms with Gasteiger partial charge in [-0.15, -0.1) is 0 Å². The molecular weight excluding hydrogens is 300 g/mol. The van der Waals surface area contributed by atoms with Gasteiger partial charge in [-0.2, -0.15) is 0 Å². The van der Waals surface area contributed by atoms with Crippen LogP contribution in [0.5, 0.6) is 0 Å². The molecule has 0 radical (unpaired) electrons. The summed E-state index contributed by atoms with van der Waals surface area (Å²) in [5, 5.41) is 3.33. The summed E-state index contributed by atoms with van der Waals surface area (Å²) in [6.45, 7) is 5.74. The quantitative estimate of drug-likeness (QED) is 0.882. The summed E-state index contributed by atoms with van der Waals surface area (Å²) in [7, 11) is 0. The summed E-state index contributed by atoms with van der Waals surface area (Å²) in [6.07, 6.45) is 4.35. The van der Waals surface area contributed by atoms with Gasteiger partial charge < -0.3 is 14.6 Å². The number of rotatable bonds is 5. The van der Waals surface area contributed by atoms with E-state index in [0.717, 1.165) is 48.6 Å². The summed E-state index contributed by atoms with van der Waals surface area (Å²) in [6, 6.07) is 12.1. The molecule has 1 aliphatic heterocycles. The molecular formula is C20H26N2O2. The van der Waals surface area contributed by atoms with Crippen LogP contribution in [0, 0.1) is 0 Å². The van der Waals surface area contributed by atoms with Crippen molar-refractivity contribution in [2.45, 2.75) is 52.1 Å². The van der Waals surface area contributed by atoms with E-state index in [0.29, 0.717) is 12.6 Å². The molecule has 1 saturated heterocycles. The first kappa shape index (κ1) is 16.6. The maximum absolute atomic E-state index is 12.6. The van der Waals surface area contributed by atoms with Crippen LogP contribution < -0.4 is 5.32 Å². The highest BCUT2D eigenvalue weighted by molar-refractivity contribution is 5.94. The van der Waals surface area contributed by atoms with Crippen LogP contribution in [0.2, 0.25) is 0 Å². The largest absolute Gasteiger partial charge is 0.464 e. The van der Waals surface area contributed by atoms with Crippen LogP contribution >= 0.6 is 0 Å². The molecule has 1 aliphatic rings. The highest BCUT2D eigenvalue weighted by Crippen LogP contribution is 2.20.